The number of ether oxygens (including phenoxy) is 3. The Bertz CT molecular complexity index is 900. The Morgan fingerprint density at radius 2 is 1.56 bits per heavy atom. The van der Waals surface area contributed by atoms with E-state index in [0.717, 1.165) is 11.1 Å². The maximum absolute atomic E-state index is 12.2. The highest BCUT2D eigenvalue weighted by Crippen LogP contribution is 2.38. The smallest absolute Gasteiger partial charge is 0.339 e. The topological polar surface area (TPSA) is 87.9 Å². The number of rotatable bonds is 3. The van der Waals surface area contributed by atoms with Crippen molar-refractivity contribution in [1.29, 1.82) is 0 Å². The summed E-state index contributed by atoms with van der Waals surface area (Å²) in [6.45, 7) is 1.12. The van der Waals surface area contributed by atoms with E-state index in [-0.39, 0.29) is 12.3 Å². The second-order valence-electron chi connectivity index (χ2n) is 5.59. The van der Waals surface area contributed by atoms with Crippen LogP contribution in [0.15, 0.2) is 42.5 Å². The maximum Gasteiger partial charge on any atom is 0.339 e. The molecule has 0 aromatic heterocycles. The first-order valence-electron chi connectivity index (χ1n) is 7.68. The molecule has 0 unspecified atom stereocenters. The molecule has 7 heteroatoms. The summed E-state index contributed by atoms with van der Waals surface area (Å²) in [4.78, 5) is 22.5. The Balaban J connectivity index is 1.78. The third-order valence-corrected chi connectivity index (χ3v) is 4.11. The standard InChI is InChI=1S/C18H13NO6/c20-18-17(11-1-4-13(5-2-11)19(21)22)14(10-25-18)12-3-6-15-16(9-12)24-8-7-23-15/h1-6,9H,7-8,10H2. The van der Waals surface area contributed by atoms with Crippen LogP contribution in [-0.2, 0) is 9.53 Å². The van der Waals surface area contributed by atoms with Crippen LogP contribution >= 0.6 is 0 Å². The van der Waals surface area contributed by atoms with E-state index >= 15 is 0 Å². The number of nitrogens with zero attached hydrogens (tertiary/aromatic N) is 1. The van der Waals surface area contributed by atoms with Gasteiger partial charge in [-0.3, -0.25) is 10.1 Å². The lowest BCUT2D eigenvalue weighted by Gasteiger charge is -2.19. The molecule has 7 nitrogen and oxygen atoms in total. The average molecular weight is 339 g/mol. The van der Waals surface area contributed by atoms with E-state index in [1.165, 1.54) is 12.1 Å². The van der Waals surface area contributed by atoms with Gasteiger partial charge in [0.25, 0.3) is 5.69 Å². The summed E-state index contributed by atoms with van der Waals surface area (Å²) in [6, 6.07) is 11.3. The van der Waals surface area contributed by atoms with Gasteiger partial charge in [0.05, 0.1) is 10.5 Å². The Morgan fingerprint density at radius 3 is 2.28 bits per heavy atom. The number of non-ortho nitro benzene ring substituents is 1. The van der Waals surface area contributed by atoms with Crippen molar-refractivity contribution < 1.29 is 23.9 Å². The van der Waals surface area contributed by atoms with Gasteiger partial charge in [0.1, 0.15) is 19.8 Å². The second-order valence-corrected chi connectivity index (χ2v) is 5.59. The Labute approximate surface area is 142 Å². The number of hydrogen-bond donors (Lipinski definition) is 0. The largest absolute Gasteiger partial charge is 0.486 e. The number of nitro groups is 1. The molecule has 2 aliphatic rings. The van der Waals surface area contributed by atoms with Crippen molar-refractivity contribution in [2.24, 2.45) is 0 Å². The number of nitro benzene ring substituents is 1. The zero-order valence-electron chi connectivity index (χ0n) is 13.1. The summed E-state index contributed by atoms with van der Waals surface area (Å²) in [5, 5.41) is 10.8. The normalized spacial score (nSPS) is 15.9. The number of benzene rings is 2. The van der Waals surface area contributed by atoms with Crippen LogP contribution < -0.4 is 9.47 Å². The monoisotopic (exact) mass is 339 g/mol. The molecule has 2 aromatic carbocycles. The van der Waals surface area contributed by atoms with Crippen molar-refractivity contribution in [2.75, 3.05) is 19.8 Å². The van der Waals surface area contributed by atoms with Crippen LogP contribution in [0.25, 0.3) is 11.1 Å². The predicted molar refractivity (Wildman–Crippen MR) is 88.3 cm³/mol. The van der Waals surface area contributed by atoms with Crippen LogP contribution in [0.2, 0.25) is 0 Å². The molecule has 0 amide bonds. The van der Waals surface area contributed by atoms with Crippen LogP contribution in [0, 0.1) is 10.1 Å². The molecule has 2 aliphatic heterocycles. The van der Waals surface area contributed by atoms with E-state index in [0.29, 0.717) is 35.8 Å². The Hall–Kier alpha value is -3.35. The summed E-state index contributed by atoms with van der Waals surface area (Å²) in [7, 11) is 0. The highest BCUT2D eigenvalue weighted by molar-refractivity contribution is 6.27. The van der Waals surface area contributed by atoms with Crippen LogP contribution in [0.4, 0.5) is 5.69 Å². The highest BCUT2D eigenvalue weighted by Gasteiger charge is 2.28. The van der Waals surface area contributed by atoms with Gasteiger partial charge in [-0.25, -0.2) is 4.79 Å². The fourth-order valence-corrected chi connectivity index (χ4v) is 2.91. The third kappa shape index (κ3) is 2.69. The van der Waals surface area contributed by atoms with E-state index < -0.39 is 10.9 Å². The van der Waals surface area contributed by atoms with E-state index in [9.17, 15) is 14.9 Å². The number of esters is 1. The summed E-state index contributed by atoms with van der Waals surface area (Å²) < 4.78 is 16.3. The molecule has 126 valence electrons. The van der Waals surface area contributed by atoms with E-state index in [1.54, 1.807) is 18.2 Å². The fourth-order valence-electron chi connectivity index (χ4n) is 2.91. The minimum Gasteiger partial charge on any atom is -0.486 e. The van der Waals surface area contributed by atoms with Gasteiger partial charge in [0.2, 0.25) is 0 Å². The number of fused-ring (bicyclic) bond motifs is 1. The van der Waals surface area contributed by atoms with Crippen molar-refractivity contribution in [2.45, 2.75) is 0 Å². The maximum atomic E-state index is 12.2. The molecule has 4 rings (SSSR count). The lowest BCUT2D eigenvalue weighted by molar-refractivity contribution is -0.384. The molecule has 2 aromatic rings. The molecule has 0 spiro atoms. The number of carbonyl (C=O) groups is 1. The van der Waals surface area contributed by atoms with Crippen LogP contribution in [-0.4, -0.2) is 30.7 Å². The SMILES string of the molecule is O=C1OCC(c2ccc3c(c2)OCCO3)=C1c1ccc([N+](=O)[O-])cc1. The van der Waals surface area contributed by atoms with E-state index in [2.05, 4.69) is 0 Å². The van der Waals surface area contributed by atoms with Crippen molar-refractivity contribution >= 4 is 22.8 Å². The minimum absolute atomic E-state index is 0.0309. The van der Waals surface area contributed by atoms with Crippen molar-refractivity contribution in [1.82, 2.24) is 0 Å². The number of cyclic esters (lactones) is 1. The fraction of sp³-hybridized carbons (Fsp3) is 0.167. The van der Waals surface area contributed by atoms with E-state index in [4.69, 9.17) is 14.2 Å². The zero-order chi connectivity index (χ0) is 17.4. The molecular formula is C18H13NO6. The summed E-state index contributed by atoms with van der Waals surface area (Å²) in [5.41, 5.74) is 2.47. The van der Waals surface area contributed by atoms with Gasteiger partial charge in [0.15, 0.2) is 11.5 Å². The summed E-state index contributed by atoms with van der Waals surface area (Å²) in [6.07, 6.45) is 0. The third-order valence-electron chi connectivity index (χ3n) is 4.11. The molecule has 25 heavy (non-hydrogen) atoms. The van der Waals surface area contributed by atoms with E-state index in [1.807, 2.05) is 12.1 Å². The van der Waals surface area contributed by atoms with Crippen molar-refractivity contribution in [3.8, 4) is 11.5 Å². The molecule has 0 aliphatic carbocycles. The number of carbonyl (C=O) groups excluding carboxylic acids is 1. The molecule has 2 heterocycles. The molecule has 0 radical (unpaired) electrons. The minimum atomic E-state index is -0.479. The van der Waals surface area contributed by atoms with Gasteiger partial charge >= 0.3 is 5.97 Å². The first-order valence-corrected chi connectivity index (χ1v) is 7.68. The van der Waals surface area contributed by atoms with Crippen molar-refractivity contribution in [3.63, 3.8) is 0 Å². The molecule has 0 saturated carbocycles. The van der Waals surface area contributed by atoms with Crippen LogP contribution in [0.1, 0.15) is 11.1 Å². The first kappa shape index (κ1) is 15.2. The Kier molecular flexibility index (Phi) is 3.61. The highest BCUT2D eigenvalue weighted by atomic mass is 16.6. The number of hydrogen-bond acceptors (Lipinski definition) is 6. The zero-order valence-corrected chi connectivity index (χ0v) is 13.1. The lowest BCUT2D eigenvalue weighted by Crippen LogP contribution is -2.15. The quantitative estimate of drug-likeness (QED) is 0.485. The lowest BCUT2D eigenvalue weighted by atomic mass is 9.96. The van der Waals surface area contributed by atoms with Gasteiger partial charge in [-0.15, -0.1) is 0 Å². The van der Waals surface area contributed by atoms with Crippen LogP contribution in [0.5, 0.6) is 11.5 Å². The Morgan fingerprint density at radius 1 is 0.880 bits per heavy atom. The summed E-state index contributed by atoms with van der Waals surface area (Å²) >= 11 is 0. The molecular weight excluding hydrogens is 326 g/mol. The van der Waals surface area contributed by atoms with Crippen molar-refractivity contribution in [3.05, 3.63) is 63.7 Å². The summed E-state index contributed by atoms with van der Waals surface area (Å²) in [5.74, 6) is 0.843. The molecule has 0 saturated heterocycles. The van der Waals surface area contributed by atoms with Gasteiger partial charge in [-0.05, 0) is 35.4 Å². The molecule has 0 atom stereocenters. The average Bonchev–Trinajstić information content (AvgIpc) is 3.03. The molecule has 0 bridgehead atoms. The van der Waals surface area contributed by atoms with Gasteiger partial charge in [-0.1, -0.05) is 6.07 Å². The van der Waals surface area contributed by atoms with Gasteiger partial charge in [-0.2, -0.15) is 0 Å². The van der Waals surface area contributed by atoms with Gasteiger partial charge in [0, 0.05) is 17.7 Å². The molecule has 0 fully saturated rings. The second kappa shape index (κ2) is 5.94. The van der Waals surface area contributed by atoms with Gasteiger partial charge < -0.3 is 14.2 Å². The molecule has 0 N–H and O–H groups in total. The first-order chi connectivity index (χ1) is 12.1. The predicted octanol–water partition coefficient (Wildman–Crippen LogP) is 2.83. The van der Waals surface area contributed by atoms with Crippen LogP contribution in [0.3, 0.4) is 0 Å².